The molecule has 0 saturated heterocycles. The Labute approximate surface area is 88.0 Å². The summed E-state index contributed by atoms with van der Waals surface area (Å²) in [5.41, 5.74) is 1.24. The zero-order chi connectivity index (χ0) is 10.2. The molecule has 0 heterocycles. The first-order chi connectivity index (χ1) is 6.83. The minimum Gasteiger partial charge on any atom is -0.466 e. The number of methoxy groups -OCH3 is 1. The van der Waals surface area contributed by atoms with Crippen molar-refractivity contribution in [2.75, 3.05) is 7.11 Å². The molecule has 0 aliphatic rings. The largest absolute Gasteiger partial charge is 0.466 e. The predicted octanol–water partition coefficient (Wildman–Crippen LogP) is 2.61. The van der Waals surface area contributed by atoms with Gasteiger partial charge in [0.2, 0.25) is 0 Å². The smallest absolute Gasteiger partial charge is 0.330 e. The van der Waals surface area contributed by atoms with E-state index in [0.717, 1.165) is 5.75 Å². The Kier molecular flexibility index (Phi) is 4.86. The molecule has 0 aromatic heterocycles. The van der Waals surface area contributed by atoms with Crippen LogP contribution >= 0.6 is 11.8 Å². The van der Waals surface area contributed by atoms with Crippen LogP contribution in [0.15, 0.2) is 41.8 Å². The molecule has 74 valence electrons. The Morgan fingerprint density at radius 3 is 2.79 bits per heavy atom. The van der Waals surface area contributed by atoms with Gasteiger partial charge in [0.25, 0.3) is 0 Å². The number of carbonyl (C=O) groups excluding carboxylic acids is 1. The van der Waals surface area contributed by atoms with Crippen LogP contribution in [0.5, 0.6) is 0 Å². The van der Waals surface area contributed by atoms with Gasteiger partial charge in [0.1, 0.15) is 0 Å². The Morgan fingerprint density at radius 1 is 1.43 bits per heavy atom. The molecule has 14 heavy (non-hydrogen) atoms. The minimum atomic E-state index is -0.314. The molecule has 1 aromatic carbocycles. The Hall–Kier alpha value is -1.22. The Bertz CT molecular complexity index is 306. The molecule has 2 nitrogen and oxygen atoms in total. The van der Waals surface area contributed by atoms with Crippen LogP contribution in [0.25, 0.3) is 0 Å². The van der Waals surface area contributed by atoms with Gasteiger partial charge in [0, 0.05) is 11.8 Å². The summed E-state index contributed by atoms with van der Waals surface area (Å²) in [5.74, 6) is 0.555. The monoisotopic (exact) mass is 208 g/mol. The van der Waals surface area contributed by atoms with E-state index in [4.69, 9.17) is 0 Å². The zero-order valence-corrected chi connectivity index (χ0v) is 8.79. The van der Waals surface area contributed by atoms with Crippen molar-refractivity contribution in [2.45, 2.75) is 5.75 Å². The van der Waals surface area contributed by atoms with Crippen LogP contribution in [0.1, 0.15) is 5.56 Å². The second-order valence-electron chi connectivity index (χ2n) is 2.62. The summed E-state index contributed by atoms with van der Waals surface area (Å²) in [6.45, 7) is 0. The van der Waals surface area contributed by atoms with Crippen molar-refractivity contribution in [3.05, 3.63) is 47.4 Å². The van der Waals surface area contributed by atoms with E-state index in [1.54, 1.807) is 17.2 Å². The zero-order valence-electron chi connectivity index (χ0n) is 7.97. The number of thioether (sulfide) groups is 1. The van der Waals surface area contributed by atoms with Gasteiger partial charge < -0.3 is 4.74 Å². The number of esters is 1. The first-order valence-electron chi connectivity index (χ1n) is 4.23. The molecule has 0 spiro atoms. The van der Waals surface area contributed by atoms with E-state index < -0.39 is 0 Å². The topological polar surface area (TPSA) is 26.3 Å². The molecule has 0 N–H and O–H groups in total. The predicted molar refractivity (Wildman–Crippen MR) is 58.9 cm³/mol. The molecule has 1 aromatic rings. The Balaban J connectivity index is 2.29. The lowest BCUT2D eigenvalue weighted by molar-refractivity contribution is -0.134. The number of benzene rings is 1. The van der Waals surface area contributed by atoms with Crippen LogP contribution in [-0.4, -0.2) is 13.1 Å². The summed E-state index contributed by atoms with van der Waals surface area (Å²) in [6, 6.07) is 10.1. The van der Waals surface area contributed by atoms with Crippen LogP contribution in [0.2, 0.25) is 0 Å². The van der Waals surface area contributed by atoms with Crippen LogP contribution in [0, 0.1) is 0 Å². The van der Waals surface area contributed by atoms with E-state index in [-0.39, 0.29) is 5.97 Å². The van der Waals surface area contributed by atoms with Crippen molar-refractivity contribution in [1.82, 2.24) is 0 Å². The summed E-state index contributed by atoms with van der Waals surface area (Å²) >= 11 is 1.57. The fraction of sp³-hybridized carbons (Fsp3) is 0.182. The normalized spacial score (nSPS) is 10.4. The quantitative estimate of drug-likeness (QED) is 0.562. The molecule has 0 radical (unpaired) electrons. The molecule has 0 saturated carbocycles. The number of hydrogen-bond acceptors (Lipinski definition) is 3. The number of hydrogen-bond donors (Lipinski definition) is 0. The van der Waals surface area contributed by atoms with Crippen LogP contribution in [0.4, 0.5) is 0 Å². The van der Waals surface area contributed by atoms with Crippen LogP contribution in [0.3, 0.4) is 0 Å². The van der Waals surface area contributed by atoms with Crippen molar-refractivity contribution in [3.63, 3.8) is 0 Å². The molecule has 0 amide bonds. The maximum Gasteiger partial charge on any atom is 0.330 e. The molecule has 3 heteroatoms. The molecule has 0 fully saturated rings. The third kappa shape index (κ3) is 4.14. The standard InChI is InChI=1S/C11H12O2S/c1-13-11(12)7-8-14-9-10-5-3-2-4-6-10/h2-8H,9H2,1H3/b8-7-. The summed E-state index contributed by atoms with van der Waals surface area (Å²) in [4.78, 5) is 10.7. The highest BCUT2D eigenvalue weighted by Crippen LogP contribution is 2.12. The molecule has 0 aliphatic carbocycles. The second-order valence-corrected chi connectivity index (χ2v) is 3.52. The lowest BCUT2D eigenvalue weighted by atomic mass is 10.2. The summed E-state index contributed by atoms with van der Waals surface area (Å²) in [7, 11) is 1.37. The number of ether oxygens (including phenoxy) is 1. The summed E-state index contributed by atoms with van der Waals surface area (Å²) in [5, 5.41) is 1.75. The van der Waals surface area contributed by atoms with Crippen molar-refractivity contribution in [1.29, 1.82) is 0 Å². The average Bonchev–Trinajstić information content (AvgIpc) is 2.25. The SMILES string of the molecule is COC(=O)/C=C\SCc1ccccc1. The van der Waals surface area contributed by atoms with E-state index >= 15 is 0 Å². The van der Waals surface area contributed by atoms with E-state index in [9.17, 15) is 4.79 Å². The van der Waals surface area contributed by atoms with Gasteiger partial charge in [-0.15, -0.1) is 11.8 Å². The third-order valence-electron chi connectivity index (χ3n) is 1.59. The first kappa shape index (κ1) is 10.9. The van der Waals surface area contributed by atoms with Gasteiger partial charge in [0.05, 0.1) is 7.11 Å². The lowest BCUT2D eigenvalue weighted by Crippen LogP contribution is -1.92. The Morgan fingerprint density at radius 2 is 2.14 bits per heavy atom. The lowest BCUT2D eigenvalue weighted by Gasteiger charge is -1.95. The van der Waals surface area contributed by atoms with Crippen molar-refractivity contribution in [2.24, 2.45) is 0 Å². The van der Waals surface area contributed by atoms with Crippen LogP contribution in [-0.2, 0) is 15.3 Å². The first-order valence-corrected chi connectivity index (χ1v) is 5.28. The van der Waals surface area contributed by atoms with Crippen molar-refractivity contribution >= 4 is 17.7 Å². The van der Waals surface area contributed by atoms with E-state index in [1.165, 1.54) is 18.7 Å². The van der Waals surface area contributed by atoms with Gasteiger partial charge in [-0.25, -0.2) is 4.79 Å². The molecule has 1 rings (SSSR count). The molecular weight excluding hydrogens is 196 g/mol. The van der Waals surface area contributed by atoms with E-state index in [2.05, 4.69) is 16.9 Å². The molecule has 0 unspecified atom stereocenters. The average molecular weight is 208 g/mol. The fourth-order valence-corrected chi connectivity index (χ4v) is 1.58. The highest BCUT2D eigenvalue weighted by atomic mass is 32.2. The third-order valence-corrected chi connectivity index (χ3v) is 2.42. The highest BCUT2D eigenvalue weighted by molar-refractivity contribution is 8.01. The second kappa shape index (κ2) is 6.27. The van der Waals surface area contributed by atoms with Gasteiger partial charge in [-0.05, 0) is 11.0 Å². The maximum absolute atomic E-state index is 10.7. The number of rotatable bonds is 4. The highest BCUT2D eigenvalue weighted by Gasteiger charge is 1.91. The fourth-order valence-electron chi connectivity index (χ4n) is 0.890. The molecule has 0 atom stereocenters. The molecular formula is C11H12O2S. The minimum absolute atomic E-state index is 0.314. The van der Waals surface area contributed by atoms with E-state index in [0.29, 0.717) is 0 Å². The van der Waals surface area contributed by atoms with Crippen LogP contribution < -0.4 is 0 Å². The van der Waals surface area contributed by atoms with Gasteiger partial charge in [0.15, 0.2) is 0 Å². The van der Waals surface area contributed by atoms with Crippen molar-refractivity contribution < 1.29 is 9.53 Å². The van der Waals surface area contributed by atoms with Crippen molar-refractivity contribution in [3.8, 4) is 0 Å². The van der Waals surface area contributed by atoms with Gasteiger partial charge in [-0.2, -0.15) is 0 Å². The molecule has 0 bridgehead atoms. The summed E-state index contributed by atoms with van der Waals surface area (Å²) in [6.07, 6.45) is 1.42. The van der Waals surface area contributed by atoms with Gasteiger partial charge >= 0.3 is 5.97 Å². The van der Waals surface area contributed by atoms with Gasteiger partial charge in [-0.3, -0.25) is 0 Å². The maximum atomic E-state index is 10.7. The molecule has 0 aliphatic heterocycles. The summed E-state index contributed by atoms with van der Waals surface area (Å²) < 4.78 is 4.46. The van der Waals surface area contributed by atoms with E-state index in [1.807, 2.05) is 18.2 Å². The van der Waals surface area contributed by atoms with Gasteiger partial charge in [-0.1, -0.05) is 30.3 Å². The number of carbonyl (C=O) groups is 1.